The van der Waals surface area contributed by atoms with Crippen LogP contribution in [0.4, 0.5) is 13.2 Å². The zero-order valence-corrected chi connectivity index (χ0v) is 14.3. The minimum atomic E-state index is -4.74. The molecule has 4 rings (SSSR count). The highest BCUT2D eigenvalue weighted by molar-refractivity contribution is 6.12. The number of fused-ring (bicyclic) bond motifs is 1. The zero-order valence-electron chi connectivity index (χ0n) is 14.3. The van der Waals surface area contributed by atoms with Crippen molar-refractivity contribution in [2.45, 2.75) is 18.3 Å². The number of nitrogens with two attached hydrogens (primary N) is 1. The lowest BCUT2D eigenvalue weighted by molar-refractivity contribution is -0.274. The van der Waals surface area contributed by atoms with Gasteiger partial charge in [0.2, 0.25) is 0 Å². The number of hydrogen-bond acceptors (Lipinski definition) is 5. The van der Waals surface area contributed by atoms with Crippen LogP contribution < -0.4 is 10.5 Å². The average molecular weight is 374 g/mol. The molecule has 0 saturated heterocycles. The van der Waals surface area contributed by atoms with Crippen LogP contribution in [0.15, 0.2) is 64.6 Å². The highest BCUT2D eigenvalue weighted by atomic mass is 19.4. The van der Waals surface area contributed by atoms with Crippen molar-refractivity contribution in [1.29, 1.82) is 0 Å². The molecule has 0 radical (unpaired) electrons. The molecular weight excluding hydrogens is 357 g/mol. The third-order valence-electron chi connectivity index (χ3n) is 4.64. The molecule has 0 spiro atoms. The van der Waals surface area contributed by atoms with Crippen molar-refractivity contribution in [1.82, 2.24) is 4.90 Å². The van der Waals surface area contributed by atoms with Gasteiger partial charge in [0.05, 0.1) is 0 Å². The molecule has 140 valence electrons. The van der Waals surface area contributed by atoms with Crippen molar-refractivity contribution in [3.63, 3.8) is 0 Å². The van der Waals surface area contributed by atoms with E-state index in [1.54, 1.807) is 12.1 Å². The van der Waals surface area contributed by atoms with E-state index in [-0.39, 0.29) is 5.75 Å². The summed E-state index contributed by atoms with van der Waals surface area (Å²) in [7, 11) is 0. The summed E-state index contributed by atoms with van der Waals surface area (Å²) in [6.07, 6.45) is -3.87. The van der Waals surface area contributed by atoms with Crippen LogP contribution in [0.3, 0.4) is 0 Å². The van der Waals surface area contributed by atoms with E-state index in [4.69, 9.17) is 10.7 Å². The molecule has 2 aliphatic rings. The van der Waals surface area contributed by atoms with E-state index in [0.29, 0.717) is 30.4 Å². The Morgan fingerprint density at radius 1 is 1.00 bits per heavy atom. The Morgan fingerprint density at radius 2 is 1.67 bits per heavy atom. The maximum absolute atomic E-state index is 12.5. The summed E-state index contributed by atoms with van der Waals surface area (Å²) >= 11 is 0. The van der Waals surface area contributed by atoms with E-state index in [2.05, 4.69) is 9.73 Å². The number of benzene rings is 2. The Morgan fingerprint density at radius 3 is 2.33 bits per heavy atom. The fourth-order valence-corrected chi connectivity index (χ4v) is 3.55. The van der Waals surface area contributed by atoms with Gasteiger partial charge in [0, 0.05) is 13.1 Å². The highest BCUT2D eigenvalue weighted by Gasteiger charge is 2.49. The average Bonchev–Trinajstić information content (AvgIpc) is 2.96. The first-order valence-electron chi connectivity index (χ1n) is 8.50. The standard InChI is InChI=1S/C19H17F3N4O/c20-19(21,22)27-15-9-7-14(8-10-15)18(13-5-2-1-3-6-13)16-24-11-4-12-26(16)17(23)25-18/h1-3,5-10H,4,11-12H2,(H2,23,25). The molecule has 0 bridgehead atoms. The van der Waals surface area contributed by atoms with Gasteiger partial charge in [0.15, 0.2) is 11.5 Å². The Hall–Kier alpha value is -3.03. The smallest absolute Gasteiger partial charge is 0.406 e. The van der Waals surface area contributed by atoms with Gasteiger partial charge in [0.25, 0.3) is 0 Å². The van der Waals surface area contributed by atoms with E-state index in [1.165, 1.54) is 12.1 Å². The fourth-order valence-electron chi connectivity index (χ4n) is 3.55. The minimum absolute atomic E-state index is 0.285. The number of ether oxygens (including phenoxy) is 1. The molecule has 1 unspecified atom stereocenters. The van der Waals surface area contributed by atoms with Crippen molar-refractivity contribution in [3.05, 3.63) is 65.7 Å². The SMILES string of the molecule is NC1=NC(c2ccccc2)(c2ccc(OC(F)(F)F)cc2)C2=NCCCN12. The number of amidine groups is 1. The topological polar surface area (TPSA) is 63.2 Å². The highest BCUT2D eigenvalue weighted by Crippen LogP contribution is 2.42. The maximum Gasteiger partial charge on any atom is 0.573 e. The Kier molecular flexibility index (Phi) is 4.05. The summed E-state index contributed by atoms with van der Waals surface area (Å²) in [6, 6.07) is 15.2. The maximum atomic E-state index is 12.5. The predicted octanol–water partition coefficient (Wildman–Crippen LogP) is 3.26. The van der Waals surface area contributed by atoms with Crippen LogP contribution in [0.5, 0.6) is 5.75 Å². The summed E-state index contributed by atoms with van der Waals surface area (Å²) < 4.78 is 41.4. The van der Waals surface area contributed by atoms with Gasteiger partial charge >= 0.3 is 6.36 Å². The zero-order chi connectivity index (χ0) is 19.1. The third-order valence-corrected chi connectivity index (χ3v) is 4.64. The molecule has 5 nitrogen and oxygen atoms in total. The molecule has 2 aromatic carbocycles. The molecule has 2 aliphatic heterocycles. The van der Waals surface area contributed by atoms with Gasteiger partial charge in [-0.15, -0.1) is 13.2 Å². The monoisotopic (exact) mass is 374 g/mol. The lowest BCUT2D eigenvalue weighted by Crippen LogP contribution is -2.46. The summed E-state index contributed by atoms with van der Waals surface area (Å²) in [5.41, 5.74) is 6.71. The van der Waals surface area contributed by atoms with Crippen LogP contribution in [0.2, 0.25) is 0 Å². The van der Waals surface area contributed by atoms with Gasteiger partial charge in [-0.25, -0.2) is 4.99 Å². The molecule has 0 fully saturated rings. The third kappa shape index (κ3) is 3.01. The van der Waals surface area contributed by atoms with E-state index in [1.807, 2.05) is 35.2 Å². The second kappa shape index (κ2) is 6.29. The van der Waals surface area contributed by atoms with Crippen LogP contribution in [0.25, 0.3) is 0 Å². The van der Waals surface area contributed by atoms with Gasteiger partial charge in [-0.3, -0.25) is 9.89 Å². The van der Waals surface area contributed by atoms with Crippen LogP contribution in [-0.4, -0.2) is 36.1 Å². The van der Waals surface area contributed by atoms with Gasteiger partial charge < -0.3 is 10.5 Å². The normalized spacial score (nSPS) is 22.1. The van der Waals surface area contributed by atoms with Crippen LogP contribution >= 0.6 is 0 Å². The lowest BCUT2D eigenvalue weighted by atomic mass is 9.82. The van der Waals surface area contributed by atoms with Crippen molar-refractivity contribution in [3.8, 4) is 5.75 Å². The van der Waals surface area contributed by atoms with Crippen LogP contribution in [-0.2, 0) is 5.54 Å². The number of guanidine groups is 1. The van der Waals surface area contributed by atoms with Gasteiger partial charge in [-0.2, -0.15) is 0 Å². The quantitative estimate of drug-likeness (QED) is 0.897. The predicted molar refractivity (Wildman–Crippen MR) is 95.6 cm³/mol. The second-order valence-electron chi connectivity index (χ2n) is 6.33. The molecule has 8 heteroatoms. The number of alkyl halides is 3. The van der Waals surface area contributed by atoms with E-state index >= 15 is 0 Å². The summed E-state index contributed by atoms with van der Waals surface area (Å²) in [5, 5.41) is 0. The summed E-state index contributed by atoms with van der Waals surface area (Å²) in [5.74, 6) is 0.765. The van der Waals surface area contributed by atoms with Crippen LogP contribution in [0.1, 0.15) is 17.5 Å². The van der Waals surface area contributed by atoms with Crippen LogP contribution in [0, 0.1) is 0 Å². The summed E-state index contributed by atoms with van der Waals surface area (Å²) in [4.78, 5) is 11.3. The number of rotatable bonds is 3. The molecule has 2 N–H and O–H groups in total. The van der Waals surface area contributed by atoms with Crippen molar-refractivity contribution in [2.75, 3.05) is 13.1 Å². The number of aliphatic imine (C=N–C) groups is 2. The Bertz CT molecular complexity index is 893. The van der Waals surface area contributed by atoms with Gasteiger partial charge in [0.1, 0.15) is 11.6 Å². The summed E-state index contributed by atoms with van der Waals surface area (Å²) in [6.45, 7) is 1.36. The Labute approximate surface area is 154 Å². The molecule has 1 atom stereocenters. The second-order valence-corrected chi connectivity index (χ2v) is 6.33. The van der Waals surface area contributed by atoms with Gasteiger partial charge in [-0.1, -0.05) is 42.5 Å². The fraction of sp³-hybridized carbons (Fsp3) is 0.263. The molecular formula is C19H17F3N4O. The first kappa shape index (κ1) is 17.4. The molecule has 27 heavy (non-hydrogen) atoms. The van der Waals surface area contributed by atoms with E-state index in [0.717, 1.165) is 12.0 Å². The molecule has 2 aromatic rings. The van der Waals surface area contributed by atoms with Crippen molar-refractivity contribution < 1.29 is 17.9 Å². The molecule has 2 heterocycles. The Balaban J connectivity index is 1.85. The molecule has 0 saturated carbocycles. The minimum Gasteiger partial charge on any atom is -0.406 e. The molecule has 0 aromatic heterocycles. The molecule has 0 aliphatic carbocycles. The van der Waals surface area contributed by atoms with Crippen molar-refractivity contribution in [2.24, 2.45) is 15.7 Å². The van der Waals surface area contributed by atoms with E-state index in [9.17, 15) is 13.2 Å². The van der Waals surface area contributed by atoms with E-state index < -0.39 is 11.9 Å². The number of nitrogens with zero attached hydrogens (tertiary/aromatic N) is 3. The lowest BCUT2D eigenvalue weighted by Gasteiger charge is -2.33. The number of halogens is 3. The first-order chi connectivity index (χ1) is 12.9. The van der Waals surface area contributed by atoms with Gasteiger partial charge in [-0.05, 0) is 29.7 Å². The largest absolute Gasteiger partial charge is 0.573 e. The first-order valence-corrected chi connectivity index (χ1v) is 8.50. The van der Waals surface area contributed by atoms with Crippen molar-refractivity contribution >= 4 is 11.8 Å². The number of hydrogen-bond donors (Lipinski definition) is 1. The molecule has 0 amide bonds.